The van der Waals surface area contributed by atoms with Crippen LogP contribution in [0.15, 0.2) is 24.3 Å². The van der Waals surface area contributed by atoms with Crippen LogP contribution in [0.1, 0.15) is 69.9 Å². The van der Waals surface area contributed by atoms with Crippen LogP contribution in [-0.2, 0) is 0 Å². The van der Waals surface area contributed by atoms with Crippen molar-refractivity contribution in [3.05, 3.63) is 29.8 Å². The zero-order valence-electron chi connectivity index (χ0n) is 15.8. The summed E-state index contributed by atoms with van der Waals surface area (Å²) in [7, 11) is 0. The van der Waals surface area contributed by atoms with Gasteiger partial charge >= 0.3 is 0 Å². The zero-order valence-corrected chi connectivity index (χ0v) is 15.8. The second kappa shape index (κ2) is 8.09. The number of hydrogen-bond acceptors (Lipinski definition) is 3. The maximum Gasteiger partial charge on any atom is 0.119 e. The number of hydrogen-bond donors (Lipinski definition) is 1. The molecule has 0 saturated carbocycles. The topological polar surface area (TPSA) is 24.5 Å². The summed E-state index contributed by atoms with van der Waals surface area (Å²) in [6, 6.07) is 10.6. The van der Waals surface area contributed by atoms with Crippen LogP contribution in [0, 0.1) is 5.92 Å². The SMILES string of the molecule is CCC(Oc1ccc(C2CCCC3CCCN32)cc1)C1CCCNC1. The van der Waals surface area contributed by atoms with Gasteiger partial charge in [-0.1, -0.05) is 19.1 Å². The summed E-state index contributed by atoms with van der Waals surface area (Å²) in [5.41, 5.74) is 1.49. The molecule has 0 spiro atoms. The van der Waals surface area contributed by atoms with E-state index in [1.54, 1.807) is 0 Å². The lowest BCUT2D eigenvalue weighted by molar-refractivity contribution is 0.111. The predicted octanol–water partition coefficient (Wildman–Crippen LogP) is 4.53. The molecular weight excluding hydrogens is 308 g/mol. The Morgan fingerprint density at radius 3 is 2.68 bits per heavy atom. The lowest BCUT2D eigenvalue weighted by Crippen LogP contribution is -2.39. The normalized spacial score (nSPS) is 31.5. The first-order valence-corrected chi connectivity index (χ1v) is 10.6. The molecule has 1 aromatic rings. The van der Waals surface area contributed by atoms with E-state index in [0.29, 0.717) is 18.1 Å². The van der Waals surface area contributed by atoms with Crippen molar-refractivity contribution in [3.8, 4) is 5.75 Å². The summed E-state index contributed by atoms with van der Waals surface area (Å²) in [5.74, 6) is 1.71. The van der Waals surface area contributed by atoms with Gasteiger partial charge in [-0.15, -0.1) is 0 Å². The average Bonchev–Trinajstić information content (AvgIpc) is 3.16. The monoisotopic (exact) mass is 342 g/mol. The van der Waals surface area contributed by atoms with Crippen LogP contribution in [0.3, 0.4) is 0 Å². The first kappa shape index (κ1) is 17.4. The fourth-order valence-corrected chi connectivity index (χ4v) is 5.30. The number of ether oxygens (including phenoxy) is 1. The highest BCUT2D eigenvalue weighted by Gasteiger charge is 2.34. The van der Waals surface area contributed by atoms with E-state index in [1.807, 2.05) is 0 Å². The van der Waals surface area contributed by atoms with E-state index in [-0.39, 0.29) is 0 Å². The molecule has 0 bridgehead atoms. The maximum absolute atomic E-state index is 6.38. The molecule has 4 unspecified atom stereocenters. The minimum atomic E-state index is 0.344. The summed E-state index contributed by atoms with van der Waals surface area (Å²) in [4.78, 5) is 2.77. The van der Waals surface area contributed by atoms with E-state index < -0.39 is 0 Å². The first-order chi connectivity index (χ1) is 12.3. The Morgan fingerprint density at radius 1 is 1.08 bits per heavy atom. The van der Waals surface area contributed by atoms with Crippen LogP contribution in [0.25, 0.3) is 0 Å². The Hall–Kier alpha value is -1.06. The third-order valence-corrected chi connectivity index (χ3v) is 6.65. The van der Waals surface area contributed by atoms with Crippen molar-refractivity contribution in [1.82, 2.24) is 10.2 Å². The van der Waals surface area contributed by atoms with Crippen LogP contribution < -0.4 is 10.1 Å². The van der Waals surface area contributed by atoms with Crippen molar-refractivity contribution >= 4 is 0 Å². The summed E-state index contributed by atoms with van der Waals surface area (Å²) < 4.78 is 6.38. The summed E-state index contributed by atoms with van der Waals surface area (Å²) >= 11 is 0. The molecule has 3 aliphatic heterocycles. The van der Waals surface area contributed by atoms with Crippen LogP contribution in [0.5, 0.6) is 5.75 Å². The summed E-state index contributed by atoms with van der Waals surface area (Å²) in [6.45, 7) is 5.82. The Labute approximate surface area is 153 Å². The van der Waals surface area contributed by atoms with Crippen LogP contribution >= 0.6 is 0 Å². The van der Waals surface area contributed by atoms with Gasteiger partial charge in [0.05, 0.1) is 0 Å². The van der Waals surface area contributed by atoms with Crippen LogP contribution in [0.2, 0.25) is 0 Å². The van der Waals surface area contributed by atoms with E-state index in [9.17, 15) is 0 Å². The van der Waals surface area contributed by atoms with E-state index in [0.717, 1.165) is 24.8 Å². The Bertz CT molecular complexity index is 537. The number of rotatable bonds is 5. The summed E-state index contributed by atoms with van der Waals surface area (Å²) in [5, 5.41) is 3.52. The molecule has 0 aliphatic carbocycles. The highest BCUT2D eigenvalue weighted by atomic mass is 16.5. The predicted molar refractivity (Wildman–Crippen MR) is 103 cm³/mol. The molecule has 0 radical (unpaired) electrons. The van der Waals surface area contributed by atoms with Gasteiger partial charge in [-0.25, -0.2) is 0 Å². The Balaban J connectivity index is 1.41. The van der Waals surface area contributed by atoms with Crippen molar-refractivity contribution in [2.24, 2.45) is 5.92 Å². The lowest BCUT2D eigenvalue weighted by Gasteiger charge is -2.38. The van der Waals surface area contributed by atoms with Crippen molar-refractivity contribution in [2.45, 2.75) is 76.5 Å². The third-order valence-electron chi connectivity index (χ3n) is 6.65. The molecule has 1 aromatic carbocycles. The van der Waals surface area contributed by atoms with Gasteiger partial charge < -0.3 is 10.1 Å². The molecule has 4 atom stereocenters. The lowest BCUT2D eigenvalue weighted by atomic mass is 9.91. The van der Waals surface area contributed by atoms with E-state index >= 15 is 0 Å². The second-order valence-electron chi connectivity index (χ2n) is 8.22. The fourth-order valence-electron chi connectivity index (χ4n) is 5.30. The van der Waals surface area contributed by atoms with Gasteiger partial charge in [0, 0.05) is 24.5 Å². The first-order valence-electron chi connectivity index (χ1n) is 10.6. The quantitative estimate of drug-likeness (QED) is 0.850. The van der Waals surface area contributed by atoms with E-state index in [2.05, 4.69) is 41.4 Å². The van der Waals surface area contributed by atoms with Crippen LogP contribution in [-0.4, -0.2) is 36.7 Å². The standard InChI is InChI=1S/C22H34N2O/c1-2-22(18-6-4-14-23-16-18)25-20-12-10-17(11-13-20)21-9-3-7-19-8-5-15-24(19)21/h10-13,18-19,21-23H,2-9,14-16H2,1H3. The van der Waals surface area contributed by atoms with Gasteiger partial charge in [0.15, 0.2) is 0 Å². The smallest absolute Gasteiger partial charge is 0.119 e. The zero-order chi connectivity index (χ0) is 17.1. The van der Waals surface area contributed by atoms with Gasteiger partial charge in [0.25, 0.3) is 0 Å². The number of nitrogens with one attached hydrogen (secondary N) is 1. The van der Waals surface area contributed by atoms with Gasteiger partial charge in [0.1, 0.15) is 11.9 Å². The molecule has 3 fully saturated rings. The molecular formula is C22H34N2O. The maximum atomic E-state index is 6.38. The number of fused-ring (bicyclic) bond motifs is 1. The van der Waals surface area contributed by atoms with E-state index in [4.69, 9.17) is 4.74 Å². The van der Waals surface area contributed by atoms with Gasteiger partial charge in [-0.2, -0.15) is 0 Å². The molecule has 3 nitrogen and oxygen atoms in total. The highest BCUT2D eigenvalue weighted by molar-refractivity contribution is 5.30. The Kier molecular flexibility index (Phi) is 5.62. The molecule has 1 N–H and O–H groups in total. The molecule has 138 valence electrons. The van der Waals surface area contributed by atoms with Gasteiger partial charge in [-0.3, -0.25) is 4.90 Å². The van der Waals surface area contributed by atoms with Crippen molar-refractivity contribution in [3.63, 3.8) is 0 Å². The molecule has 0 aromatic heterocycles. The van der Waals surface area contributed by atoms with Gasteiger partial charge in [-0.05, 0) is 82.2 Å². The largest absolute Gasteiger partial charge is 0.490 e. The molecule has 3 aliphatic rings. The van der Waals surface area contributed by atoms with Gasteiger partial charge in [0.2, 0.25) is 0 Å². The van der Waals surface area contributed by atoms with Crippen molar-refractivity contribution in [1.29, 1.82) is 0 Å². The minimum Gasteiger partial charge on any atom is -0.490 e. The molecule has 0 amide bonds. The second-order valence-corrected chi connectivity index (χ2v) is 8.22. The molecule has 3 heteroatoms. The molecule has 3 heterocycles. The average molecular weight is 343 g/mol. The highest BCUT2D eigenvalue weighted by Crippen LogP contribution is 2.39. The van der Waals surface area contributed by atoms with Crippen molar-refractivity contribution in [2.75, 3.05) is 19.6 Å². The van der Waals surface area contributed by atoms with E-state index in [1.165, 1.54) is 63.6 Å². The minimum absolute atomic E-state index is 0.344. The fraction of sp³-hybridized carbons (Fsp3) is 0.727. The number of nitrogens with zero attached hydrogens (tertiary/aromatic N) is 1. The molecule has 3 saturated heterocycles. The van der Waals surface area contributed by atoms with Crippen LogP contribution in [0.4, 0.5) is 0 Å². The number of piperidine rings is 2. The summed E-state index contributed by atoms with van der Waals surface area (Å²) in [6.07, 6.45) is 10.9. The van der Waals surface area contributed by atoms with Crippen molar-refractivity contribution < 1.29 is 4.74 Å². The number of benzene rings is 1. The molecule has 25 heavy (non-hydrogen) atoms. The Morgan fingerprint density at radius 2 is 1.92 bits per heavy atom. The molecule has 4 rings (SSSR count). The third kappa shape index (κ3) is 3.88.